The predicted octanol–water partition coefficient (Wildman–Crippen LogP) is 2.35. The highest BCUT2D eigenvalue weighted by molar-refractivity contribution is 5.21. The Kier molecular flexibility index (Phi) is 4.90. The first-order valence-corrected chi connectivity index (χ1v) is 5.63. The second-order valence-electron chi connectivity index (χ2n) is 4.41. The zero-order valence-electron chi connectivity index (χ0n) is 10.1. The van der Waals surface area contributed by atoms with E-state index in [9.17, 15) is 9.50 Å². The number of rotatable bonds is 5. The molecule has 0 bridgehead atoms. The van der Waals surface area contributed by atoms with Gasteiger partial charge < -0.3 is 10.4 Å². The van der Waals surface area contributed by atoms with Gasteiger partial charge in [0.25, 0.3) is 0 Å². The van der Waals surface area contributed by atoms with E-state index in [0.29, 0.717) is 5.92 Å². The predicted molar refractivity (Wildman–Crippen MR) is 63.6 cm³/mol. The van der Waals surface area contributed by atoms with Crippen LogP contribution in [0.2, 0.25) is 0 Å². The van der Waals surface area contributed by atoms with Crippen LogP contribution in [0.3, 0.4) is 0 Å². The first kappa shape index (κ1) is 13.1. The first-order valence-electron chi connectivity index (χ1n) is 5.63. The molecule has 1 aromatic carbocycles. The molecule has 0 saturated heterocycles. The molecule has 0 aliphatic rings. The highest BCUT2D eigenvalue weighted by atomic mass is 19.1. The van der Waals surface area contributed by atoms with Crippen LogP contribution in [0.4, 0.5) is 4.39 Å². The minimum atomic E-state index is -0.238. The van der Waals surface area contributed by atoms with E-state index in [1.54, 1.807) is 6.07 Å². The lowest BCUT2D eigenvalue weighted by Crippen LogP contribution is -2.31. The second kappa shape index (κ2) is 5.97. The third-order valence-corrected chi connectivity index (χ3v) is 3.01. The van der Waals surface area contributed by atoms with Crippen LogP contribution in [-0.2, 0) is 0 Å². The summed E-state index contributed by atoms with van der Waals surface area (Å²) in [5, 5.41) is 12.5. The van der Waals surface area contributed by atoms with Gasteiger partial charge in [-0.25, -0.2) is 4.39 Å². The highest BCUT2D eigenvalue weighted by Crippen LogP contribution is 2.27. The summed E-state index contributed by atoms with van der Waals surface area (Å²) in [7, 11) is 1.83. The van der Waals surface area contributed by atoms with Gasteiger partial charge in [0.05, 0.1) is 0 Å². The molecule has 1 rings (SSSR count). The standard InChI is InChI=1S/C13H20FNO/c1-9(2)12(8-16)13(15-3)10-5-4-6-11(14)7-10/h4-7,9,12-13,15-16H,8H2,1-3H3. The molecule has 1 aromatic rings. The van der Waals surface area contributed by atoms with Gasteiger partial charge in [-0.3, -0.25) is 0 Å². The average molecular weight is 225 g/mol. The van der Waals surface area contributed by atoms with Gasteiger partial charge in [-0.05, 0) is 30.7 Å². The normalized spacial score (nSPS) is 15.1. The Morgan fingerprint density at radius 2 is 2.06 bits per heavy atom. The van der Waals surface area contributed by atoms with Gasteiger partial charge in [-0.15, -0.1) is 0 Å². The van der Waals surface area contributed by atoms with Gasteiger partial charge in [-0.2, -0.15) is 0 Å². The molecule has 90 valence electrons. The van der Waals surface area contributed by atoms with Crippen LogP contribution < -0.4 is 5.32 Å². The Labute approximate surface area is 96.5 Å². The minimum absolute atomic E-state index is 0.0132. The minimum Gasteiger partial charge on any atom is -0.396 e. The fourth-order valence-corrected chi connectivity index (χ4v) is 2.03. The van der Waals surface area contributed by atoms with Gasteiger partial charge in [0.1, 0.15) is 5.82 Å². The van der Waals surface area contributed by atoms with Crippen molar-refractivity contribution in [3.8, 4) is 0 Å². The molecule has 0 aromatic heterocycles. The molecule has 3 heteroatoms. The Morgan fingerprint density at radius 1 is 1.38 bits per heavy atom. The number of hydrogen-bond acceptors (Lipinski definition) is 2. The lowest BCUT2D eigenvalue weighted by atomic mass is 9.85. The molecule has 0 radical (unpaired) electrons. The molecule has 2 N–H and O–H groups in total. The maximum Gasteiger partial charge on any atom is 0.123 e. The maximum atomic E-state index is 13.1. The fourth-order valence-electron chi connectivity index (χ4n) is 2.03. The van der Waals surface area contributed by atoms with Crippen molar-refractivity contribution >= 4 is 0 Å². The number of nitrogens with one attached hydrogen (secondary N) is 1. The zero-order valence-corrected chi connectivity index (χ0v) is 10.1. The number of hydrogen-bond donors (Lipinski definition) is 2. The van der Waals surface area contributed by atoms with E-state index < -0.39 is 0 Å². The van der Waals surface area contributed by atoms with Gasteiger partial charge in [0.2, 0.25) is 0 Å². The van der Waals surface area contributed by atoms with Crippen molar-refractivity contribution < 1.29 is 9.50 Å². The van der Waals surface area contributed by atoms with Gasteiger partial charge in [0, 0.05) is 18.6 Å². The molecule has 0 fully saturated rings. The van der Waals surface area contributed by atoms with Gasteiger partial charge in [0.15, 0.2) is 0 Å². The van der Waals surface area contributed by atoms with Crippen molar-refractivity contribution in [1.29, 1.82) is 0 Å². The summed E-state index contributed by atoms with van der Waals surface area (Å²) in [4.78, 5) is 0. The zero-order chi connectivity index (χ0) is 12.1. The molecular formula is C13H20FNO. The molecule has 0 saturated carbocycles. The van der Waals surface area contributed by atoms with Crippen LogP contribution in [0.1, 0.15) is 25.5 Å². The Balaban J connectivity index is 2.96. The first-order chi connectivity index (χ1) is 7.60. The summed E-state index contributed by atoms with van der Waals surface area (Å²) >= 11 is 0. The summed E-state index contributed by atoms with van der Waals surface area (Å²) in [6.07, 6.45) is 0. The van der Waals surface area contributed by atoms with Crippen LogP contribution in [0.5, 0.6) is 0 Å². The van der Waals surface area contributed by atoms with Crippen LogP contribution >= 0.6 is 0 Å². The number of aliphatic hydroxyl groups is 1. The molecule has 0 heterocycles. The van der Waals surface area contributed by atoms with Crippen LogP contribution in [0.25, 0.3) is 0 Å². The monoisotopic (exact) mass is 225 g/mol. The van der Waals surface area contributed by atoms with Crippen LogP contribution in [-0.4, -0.2) is 18.8 Å². The number of benzene rings is 1. The molecule has 2 atom stereocenters. The topological polar surface area (TPSA) is 32.3 Å². The van der Waals surface area contributed by atoms with Crippen molar-refractivity contribution in [3.63, 3.8) is 0 Å². The molecule has 0 aliphatic heterocycles. The van der Waals surface area contributed by atoms with E-state index in [2.05, 4.69) is 19.2 Å². The van der Waals surface area contributed by atoms with Crippen molar-refractivity contribution in [2.75, 3.05) is 13.7 Å². The van der Waals surface area contributed by atoms with Crippen LogP contribution in [0, 0.1) is 17.7 Å². The molecule has 0 amide bonds. The fraction of sp³-hybridized carbons (Fsp3) is 0.538. The van der Waals surface area contributed by atoms with Crippen molar-refractivity contribution in [2.24, 2.45) is 11.8 Å². The summed E-state index contributed by atoms with van der Waals surface area (Å²) in [6.45, 7) is 4.22. The molecule has 2 unspecified atom stereocenters. The largest absolute Gasteiger partial charge is 0.396 e. The molecule has 2 nitrogen and oxygen atoms in total. The average Bonchev–Trinajstić information content (AvgIpc) is 2.25. The van der Waals surface area contributed by atoms with E-state index in [-0.39, 0.29) is 24.4 Å². The number of aliphatic hydroxyl groups excluding tert-OH is 1. The van der Waals surface area contributed by atoms with E-state index >= 15 is 0 Å². The van der Waals surface area contributed by atoms with Gasteiger partial charge >= 0.3 is 0 Å². The molecule has 0 aliphatic carbocycles. The van der Waals surface area contributed by atoms with E-state index in [0.717, 1.165) is 5.56 Å². The Hall–Kier alpha value is -0.930. The summed E-state index contributed by atoms with van der Waals surface area (Å²) in [6, 6.07) is 6.52. The van der Waals surface area contributed by atoms with Crippen molar-refractivity contribution in [2.45, 2.75) is 19.9 Å². The SMILES string of the molecule is CNC(c1cccc(F)c1)C(CO)C(C)C. The lowest BCUT2D eigenvalue weighted by Gasteiger charge is -2.28. The maximum absolute atomic E-state index is 13.1. The van der Waals surface area contributed by atoms with E-state index in [1.807, 2.05) is 13.1 Å². The molecule has 0 spiro atoms. The quantitative estimate of drug-likeness (QED) is 0.806. The second-order valence-corrected chi connectivity index (χ2v) is 4.41. The lowest BCUT2D eigenvalue weighted by molar-refractivity contribution is 0.154. The molecular weight excluding hydrogens is 205 g/mol. The van der Waals surface area contributed by atoms with Crippen molar-refractivity contribution in [3.05, 3.63) is 35.6 Å². The van der Waals surface area contributed by atoms with Crippen LogP contribution in [0.15, 0.2) is 24.3 Å². The summed E-state index contributed by atoms with van der Waals surface area (Å²) < 4.78 is 13.1. The third kappa shape index (κ3) is 3.03. The van der Waals surface area contributed by atoms with Crippen molar-refractivity contribution in [1.82, 2.24) is 5.32 Å². The smallest absolute Gasteiger partial charge is 0.123 e. The highest BCUT2D eigenvalue weighted by Gasteiger charge is 2.24. The van der Waals surface area contributed by atoms with E-state index in [4.69, 9.17) is 0 Å². The molecule has 16 heavy (non-hydrogen) atoms. The third-order valence-electron chi connectivity index (χ3n) is 3.01. The Morgan fingerprint density at radius 3 is 2.50 bits per heavy atom. The van der Waals surface area contributed by atoms with Gasteiger partial charge in [-0.1, -0.05) is 26.0 Å². The number of halogens is 1. The summed E-state index contributed by atoms with van der Waals surface area (Å²) in [5.74, 6) is 0.190. The summed E-state index contributed by atoms with van der Waals surface area (Å²) in [5.41, 5.74) is 0.884. The Bertz CT molecular complexity index is 327. The van der Waals surface area contributed by atoms with E-state index in [1.165, 1.54) is 12.1 Å².